The van der Waals surface area contributed by atoms with Crippen LogP contribution in [-0.4, -0.2) is 0 Å². The summed E-state index contributed by atoms with van der Waals surface area (Å²) < 4.78 is 8.89. The Hall–Kier alpha value is -4.36. The molecule has 0 bridgehead atoms. The zero-order chi connectivity index (χ0) is 25.4. The molecule has 180 valence electrons. The average Bonchev–Trinajstić information content (AvgIpc) is 3.46. The summed E-state index contributed by atoms with van der Waals surface area (Å²) in [4.78, 5) is 0. The molecule has 0 fully saturated rings. The molecule has 1 nitrogen and oxygen atoms in total. The topological polar surface area (TPSA) is 9.23 Å². The molecular weight excluding hydrogens is 480 g/mol. The summed E-state index contributed by atoms with van der Waals surface area (Å²) in [5, 5.41) is 2.57. The Bertz CT molecular complexity index is 2010. The van der Waals surface area contributed by atoms with Crippen molar-refractivity contribution in [2.75, 3.05) is 0 Å². The fraction of sp³-hybridized carbons (Fsp3) is 0.0833. The molecule has 1 aliphatic heterocycles. The van der Waals surface area contributed by atoms with Crippen LogP contribution in [0.5, 0.6) is 5.75 Å². The highest BCUT2D eigenvalue weighted by Gasteiger charge is 2.35. The van der Waals surface area contributed by atoms with Crippen LogP contribution >= 0.6 is 11.3 Å². The molecule has 0 saturated carbocycles. The van der Waals surface area contributed by atoms with Crippen LogP contribution in [-0.2, 0) is 5.41 Å². The van der Waals surface area contributed by atoms with Gasteiger partial charge < -0.3 is 4.74 Å². The standard InChI is InChI=1S/C36H24OS/c1-36(2)29-12-6-4-10-25(29)26-17-15-23(21-30(26)36)24-18-19-27(32-20-16-22-9-3-7-13-31(22)37-32)35-34(24)28-11-5-8-14-33(28)38-35/h3-19,21H,1-2H3. The minimum atomic E-state index is -0.0311. The van der Waals surface area contributed by atoms with Crippen LogP contribution in [0.3, 0.4) is 0 Å². The molecule has 2 heteroatoms. The summed E-state index contributed by atoms with van der Waals surface area (Å²) in [5.74, 6) is 1.65. The van der Waals surface area contributed by atoms with Crippen molar-refractivity contribution in [1.82, 2.24) is 0 Å². The van der Waals surface area contributed by atoms with Crippen LogP contribution in [0.1, 0.15) is 36.1 Å². The number of benzene rings is 5. The predicted molar refractivity (Wildman–Crippen MR) is 161 cm³/mol. The van der Waals surface area contributed by atoms with E-state index in [-0.39, 0.29) is 5.41 Å². The Morgan fingerprint density at radius 3 is 2.37 bits per heavy atom. The van der Waals surface area contributed by atoms with E-state index in [1.54, 1.807) is 0 Å². The molecule has 8 rings (SSSR count). The van der Waals surface area contributed by atoms with Gasteiger partial charge in [0.05, 0.1) is 0 Å². The molecule has 0 N–H and O–H groups in total. The van der Waals surface area contributed by atoms with E-state index in [9.17, 15) is 0 Å². The molecule has 0 unspecified atom stereocenters. The van der Waals surface area contributed by atoms with Gasteiger partial charge >= 0.3 is 0 Å². The van der Waals surface area contributed by atoms with Crippen LogP contribution in [0, 0.1) is 0 Å². The van der Waals surface area contributed by atoms with E-state index in [1.807, 2.05) is 35.6 Å². The summed E-state index contributed by atoms with van der Waals surface area (Å²) in [6.45, 7) is 4.69. The zero-order valence-electron chi connectivity index (χ0n) is 21.2. The van der Waals surface area contributed by atoms with Gasteiger partial charge in [-0.05, 0) is 63.7 Å². The third-order valence-corrected chi connectivity index (χ3v) is 9.36. The van der Waals surface area contributed by atoms with Gasteiger partial charge in [-0.25, -0.2) is 0 Å². The number of hydrogen-bond donors (Lipinski definition) is 0. The summed E-state index contributed by atoms with van der Waals surface area (Å²) in [5.41, 5.74) is 13.6. The van der Waals surface area contributed by atoms with Gasteiger partial charge in [-0.3, -0.25) is 0 Å². The van der Waals surface area contributed by atoms with Gasteiger partial charge in [-0.15, -0.1) is 11.3 Å². The second-order valence-corrected chi connectivity index (χ2v) is 11.7. The van der Waals surface area contributed by atoms with Crippen molar-refractivity contribution in [2.24, 2.45) is 0 Å². The molecule has 1 aliphatic carbocycles. The summed E-state index contributed by atoms with van der Waals surface area (Å²) in [6, 6.07) is 37.2. The zero-order valence-corrected chi connectivity index (χ0v) is 22.0. The average molecular weight is 505 g/mol. The van der Waals surface area contributed by atoms with Crippen LogP contribution in [0.25, 0.3) is 54.3 Å². The maximum absolute atomic E-state index is 6.37. The van der Waals surface area contributed by atoms with Gasteiger partial charge in [0.1, 0.15) is 5.75 Å². The SMILES string of the molecule is CC1(C)c2ccccc2-c2ccc(-c3ccc(C4=C=Cc5ccccc5O4)c4sc5ccccc5c34)cc21. The monoisotopic (exact) mass is 504 g/mol. The Morgan fingerprint density at radius 2 is 1.42 bits per heavy atom. The van der Waals surface area contributed by atoms with Gasteiger partial charge in [0.15, 0.2) is 5.76 Å². The number of ether oxygens (including phenoxy) is 1. The van der Waals surface area contributed by atoms with Gasteiger partial charge in [-0.2, -0.15) is 0 Å². The van der Waals surface area contributed by atoms with Crippen molar-refractivity contribution in [3.8, 4) is 28.0 Å². The lowest BCUT2D eigenvalue weighted by Crippen LogP contribution is -2.14. The molecule has 38 heavy (non-hydrogen) atoms. The van der Waals surface area contributed by atoms with E-state index in [0.717, 1.165) is 22.6 Å². The first-order valence-corrected chi connectivity index (χ1v) is 13.8. The molecule has 0 radical (unpaired) electrons. The van der Waals surface area contributed by atoms with Gasteiger partial charge in [0.25, 0.3) is 0 Å². The number of thiophene rings is 1. The van der Waals surface area contributed by atoms with Crippen LogP contribution in [0.15, 0.2) is 109 Å². The molecule has 0 saturated heterocycles. The summed E-state index contributed by atoms with van der Waals surface area (Å²) in [7, 11) is 0. The Balaban J connectivity index is 1.36. The first kappa shape index (κ1) is 21.7. The second-order valence-electron chi connectivity index (χ2n) is 10.7. The molecule has 6 aromatic rings. The van der Waals surface area contributed by atoms with Crippen molar-refractivity contribution in [2.45, 2.75) is 19.3 Å². The van der Waals surface area contributed by atoms with Crippen molar-refractivity contribution >= 4 is 43.3 Å². The maximum Gasteiger partial charge on any atom is 0.178 e. The van der Waals surface area contributed by atoms with E-state index in [2.05, 4.69) is 105 Å². The lowest BCUT2D eigenvalue weighted by Gasteiger charge is -2.22. The maximum atomic E-state index is 6.37. The third-order valence-electron chi connectivity index (χ3n) is 8.16. The first-order valence-electron chi connectivity index (χ1n) is 13.0. The smallest absolute Gasteiger partial charge is 0.178 e. The molecule has 2 aliphatic rings. The molecular formula is C36H24OS. The first-order chi connectivity index (χ1) is 18.6. The Labute approximate surface area is 226 Å². The van der Waals surface area contributed by atoms with Crippen molar-refractivity contribution < 1.29 is 4.74 Å². The van der Waals surface area contributed by atoms with Crippen molar-refractivity contribution in [3.63, 3.8) is 0 Å². The Morgan fingerprint density at radius 1 is 0.684 bits per heavy atom. The van der Waals surface area contributed by atoms with Gasteiger partial charge in [-0.1, -0.05) is 98.4 Å². The number of fused-ring (bicyclic) bond motifs is 7. The molecule has 0 spiro atoms. The van der Waals surface area contributed by atoms with E-state index < -0.39 is 0 Å². The normalized spacial score (nSPS) is 14.6. The van der Waals surface area contributed by atoms with Crippen LogP contribution < -0.4 is 4.74 Å². The highest BCUT2D eigenvalue weighted by molar-refractivity contribution is 7.26. The number of para-hydroxylation sites is 1. The number of hydrogen-bond acceptors (Lipinski definition) is 2. The molecule has 0 atom stereocenters. The van der Waals surface area contributed by atoms with Crippen LogP contribution in [0.4, 0.5) is 0 Å². The molecule has 5 aromatic carbocycles. The van der Waals surface area contributed by atoms with E-state index in [1.165, 1.54) is 53.6 Å². The highest BCUT2D eigenvalue weighted by atomic mass is 32.1. The van der Waals surface area contributed by atoms with Crippen molar-refractivity contribution in [1.29, 1.82) is 0 Å². The summed E-state index contributed by atoms with van der Waals surface area (Å²) in [6.07, 6.45) is 2.03. The largest absolute Gasteiger partial charge is 0.448 e. The lowest BCUT2D eigenvalue weighted by atomic mass is 9.81. The van der Waals surface area contributed by atoms with Crippen LogP contribution in [0.2, 0.25) is 0 Å². The fourth-order valence-corrected chi connectivity index (χ4v) is 7.47. The van der Waals surface area contributed by atoms with E-state index >= 15 is 0 Å². The lowest BCUT2D eigenvalue weighted by molar-refractivity contribution is 0.513. The van der Waals surface area contributed by atoms with E-state index in [0.29, 0.717) is 0 Å². The molecule has 1 aromatic heterocycles. The van der Waals surface area contributed by atoms with Gasteiger partial charge in [0, 0.05) is 36.7 Å². The quantitative estimate of drug-likeness (QED) is 0.213. The predicted octanol–water partition coefficient (Wildman–Crippen LogP) is 10.1. The van der Waals surface area contributed by atoms with E-state index in [4.69, 9.17) is 4.74 Å². The fourth-order valence-electron chi connectivity index (χ4n) is 6.23. The van der Waals surface area contributed by atoms with Crippen molar-refractivity contribution in [3.05, 3.63) is 131 Å². The second kappa shape index (κ2) is 7.82. The minimum Gasteiger partial charge on any atom is -0.448 e. The minimum absolute atomic E-state index is 0.0311. The Kier molecular flexibility index (Phi) is 4.47. The third kappa shape index (κ3) is 2.99. The van der Waals surface area contributed by atoms with Gasteiger partial charge in [0.2, 0.25) is 0 Å². The molecule has 0 amide bonds. The highest BCUT2D eigenvalue weighted by Crippen LogP contribution is 2.51. The number of rotatable bonds is 2. The molecule has 2 heterocycles. The summed E-state index contributed by atoms with van der Waals surface area (Å²) >= 11 is 1.83.